The predicted octanol–water partition coefficient (Wildman–Crippen LogP) is 7.52. The van der Waals surface area contributed by atoms with Crippen molar-refractivity contribution in [1.29, 1.82) is 0 Å². The highest BCUT2D eigenvalue weighted by Gasteiger charge is 2.32. The molecule has 0 bridgehead atoms. The first kappa shape index (κ1) is 43.4. The van der Waals surface area contributed by atoms with Gasteiger partial charge in [-0.1, -0.05) is 24.3 Å². The molecule has 61 heavy (non-hydrogen) atoms. The van der Waals surface area contributed by atoms with Crippen molar-refractivity contribution in [3.63, 3.8) is 0 Å². The summed E-state index contributed by atoms with van der Waals surface area (Å²) in [5, 5.41) is 0. The number of anilines is 2. The van der Waals surface area contributed by atoms with Crippen LogP contribution in [0.1, 0.15) is 30.4 Å². The predicted molar refractivity (Wildman–Crippen MR) is 226 cm³/mol. The number of imidazole rings is 2. The third-order valence-electron chi connectivity index (χ3n) is 11.4. The third-order valence-corrected chi connectivity index (χ3v) is 11.4. The smallest absolute Gasteiger partial charge is 0.416 e. The summed E-state index contributed by atoms with van der Waals surface area (Å²) in [5.41, 5.74) is 3.18. The van der Waals surface area contributed by atoms with Crippen molar-refractivity contribution in [2.75, 3.05) is 82.4 Å². The molecule has 0 atom stereocenters. The number of rotatable bonds is 12. The lowest BCUT2D eigenvalue weighted by molar-refractivity contribution is -0.138. The Balaban J connectivity index is 0.000000185. The van der Waals surface area contributed by atoms with Crippen LogP contribution in [0, 0.1) is 0 Å². The standard InChI is InChI=1S/C23H27F3N4O2.C21H23F3N4O/c1-32-19-7-8-20-21(16-19)30(22(31)27-20)10-3-2-9-28-11-13-29(14-12-28)18-6-4-5-17(15-18)23(24,25)26;22-21(23,24)16-5-3-6-17(15-16)27-13-11-26(12-14-27)9-4-10-28-19-8-2-1-7-18(19)25-20(28)29/h4-8,15-16H,2-3,9-14H2,1H3,(H,27,31);1-3,5-8,15H,4,9-14H2,(H,25,29). The molecule has 11 nitrogen and oxygen atoms in total. The molecular weight excluding hydrogens is 803 g/mol. The summed E-state index contributed by atoms with van der Waals surface area (Å²) >= 11 is 0. The molecule has 2 aromatic heterocycles. The number of unbranched alkanes of at least 4 members (excludes halogenated alkanes) is 1. The molecule has 0 aliphatic carbocycles. The average molecular weight is 853 g/mol. The SMILES string of the molecule is COc1ccc2[nH]c(=O)n(CCCCN3CCN(c4cccc(C(F)(F)F)c4)CC3)c2c1.O=c1[nH]c2ccccc2n1CCCN1CCN(c2cccc(C(F)(F)F)c2)CC1. The number of hydrogen-bond acceptors (Lipinski definition) is 7. The van der Waals surface area contributed by atoms with E-state index < -0.39 is 23.5 Å². The fraction of sp³-hybridized carbons (Fsp3) is 0.409. The van der Waals surface area contributed by atoms with Crippen LogP contribution in [0.5, 0.6) is 5.75 Å². The molecule has 2 aliphatic rings. The van der Waals surface area contributed by atoms with Gasteiger partial charge in [0.15, 0.2) is 0 Å². The second-order valence-electron chi connectivity index (χ2n) is 15.4. The molecule has 2 fully saturated rings. The van der Waals surface area contributed by atoms with Gasteiger partial charge in [-0.3, -0.25) is 18.9 Å². The molecule has 0 unspecified atom stereocenters. The number of aryl methyl sites for hydroxylation is 2. The molecule has 4 heterocycles. The number of halogens is 6. The van der Waals surface area contributed by atoms with Crippen LogP contribution in [0.2, 0.25) is 0 Å². The van der Waals surface area contributed by atoms with Gasteiger partial charge in [-0.05, 0) is 93.0 Å². The summed E-state index contributed by atoms with van der Waals surface area (Å²) in [5.74, 6) is 0.712. The van der Waals surface area contributed by atoms with Crippen molar-refractivity contribution in [1.82, 2.24) is 28.9 Å². The van der Waals surface area contributed by atoms with Gasteiger partial charge in [0.05, 0.1) is 40.3 Å². The summed E-state index contributed by atoms with van der Waals surface area (Å²) in [7, 11) is 1.60. The second kappa shape index (κ2) is 18.9. The van der Waals surface area contributed by atoms with E-state index in [2.05, 4.69) is 19.8 Å². The normalized spacial score (nSPS) is 15.7. The number of nitrogens with one attached hydrogen (secondary N) is 2. The van der Waals surface area contributed by atoms with Gasteiger partial charge in [-0.25, -0.2) is 9.59 Å². The van der Waals surface area contributed by atoms with Crippen LogP contribution in [0.25, 0.3) is 22.1 Å². The van der Waals surface area contributed by atoms with Gasteiger partial charge in [0.25, 0.3) is 0 Å². The lowest BCUT2D eigenvalue weighted by atomic mass is 10.1. The van der Waals surface area contributed by atoms with Crippen molar-refractivity contribution < 1.29 is 31.1 Å². The molecule has 2 saturated heterocycles. The van der Waals surface area contributed by atoms with Crippen molar-refractivity contribution in [2.24, 2.45) is 0 Å². The molecule has 0 radical (unpaired) electrons. The fourth-order valence-corrected chi connectivity index (χ4v) is 8.09. The largest absolute Gasteiger partial charge is 0.497 e. The van der Waals surface area contributed by atoms with Crippen LogP contribution in [-0.4, -0.2) is 101 Å². The minimum Gasteiger partial charge on any atom is -0.497 e. The van der Waals surface area contributed by atoms with Crippen molar-refractivity contribution >= 4 is 33.4 Å². The summed E-state index contributed by atoms with van der Waals surface area (Å²) in [6.07, 6.45) is -6.01. The van der Waals surface area contributed by atoms with E-state index in [1.165, 1.54) is 24.3 Å². The summed E-state index contributed by atoms with van der Waals surface area (Å²) < 4.78 is 86.4. The van der Waals surface area contributed by atoms with E-state index in [1.54, 1.807) is 28.4 Å². The molecule has 17 heteroatoms. The number of para-hydroxylation sites is 2. The maximum Gasteiger partial charge on any atom is 0.416 e. The molecule has 6 aromatic rings. The molecular formula is C44H50F6N8O3. The minimum absolute atomic E-state index is 0.0967. The topological polar surface area (TPSA) is 97.8 Å². The number of aromatic amines is 2. The molecule has 8 rings (SSSR count). The Morgan fingerprint density at radius 2 is 1.00 bits per heavy atom. The lowest BCUT2D eigenvalue weighted by Gasteiger charge is -2.36. The van der Waals surface area contributed by atoms with Crippen molar-refractivity contribution in [2.45, 2.75) is 44.7 Å². The third kappa shape index (κ3) is 10.8. The minimum atomic E-state index is -4.32. The molecule has 326 valence electrons. The van der Waals surface area contributed by atoms with Crippen LogP contribution >= 0.6 is 0 Å². The second-order valence-corrected chi connectivity index (χ2v) is 15.4. The molecule has 2 aliphatic heterocycles. The van der Waals surface area contributed by atoms with Crippen molar-refractivity contribution in [3.8, 4) is 5.75 Å². The summed E-state index contributed by atoms with van der Waals surface area (Å²) in [6, 6.07) is 24.2. The number of piperazine rings is 2. The van der Waals surface area contributed by atoms with Gasteiger partial charge in [0.2, 0.25) is 0 Å². The van der Waals surface area contributed by atoms with E-state index in [-0.39, 0.29) is 11.4 Å². The highest BCUT2D eigenvalue weighted by atomic mass is 19.4. The van der Waals surface area contributed by atoms with Crippen LogP contribution < -0.4 is 25.9 Å². The zero-order valence-corrected chi connectivity index (χ0v) is 33.9. The molecule has 2 N–H and O–H groups in total. The zero-order chi connectivity index (χ0) is 43.1. The van der Waals surface area contributed by atoms with Gasteiger partial charge in [-0.15, -0.1) is 0 Å². The number of hydrogen-bond donors (Lipinski definition) is 2. The highest BCUT2D eigenvalue weighted by Crippen LogP contribution is 2.33. The number of fused-ring (bicyclic) bond motifs is 2. The Morgan fingerprint density at radius 3 is 1.54 bits per heavy atom. The monoisotopic (exact) mass is 852 g/mol. The Hall–Kier alpha value is -5.68. The number of methoxy groups -OCH3 is 1. The van der Waals surface area contributed by atoms with E-state index in [9.17, 15) is 35.9 Å². The number of benzene rings is 4. The van der Waals surface area contributed by atoms with Gasteiger partial charge in [-0.2, -0.15) is 26.3 Å². The number of aromatic nitrogens is 4. The van der Waals surface area contributed by atoms with Crippen molar-refractivity contribution in [3.05, 3.63) is 123 Å². The fourth-order valence-electron chi connectivity index (χ4n) is 8.09. The number of ether oxygens (including phenoxy) is 1. The number of alkyl halides is 6. The Kier molecular flexibility index (Phi) is 13.5. The average Bonchev–Trinajstić information content (AvgIpc) is 3.75. The maximum absolute atomic E-state index is 13.0. The number of H-pyrrole nitrogens is 2. The van der Waals surface area contributed by atoms with E-state index in [1.807, 2.05) is 52.3 Å². The molecule has 0 spiro atoms. The zero-order valence-electron chi connectivity index (χ0n) is 33.9. The van der Waals surface area contributed by atoms with Crippen LogP contribution in [0.15, 0.2) is 101 Å². The first-order valence-corrected chi connectivity index (χ1v) is 20.5. The quantitative estimate of drug-likeness (QED) is 0.0972. The van der Waals surface area contributed by atoms with Gasteiger partial charge in [0, 0.05) is 82.9 Å². The Bertz CT molecular complexity index is 2490. The van der Waals surface area contributed by atoms with Crippen LogP contribution in [-0.2, 0) is 25.4 Å². The molecule has 0 amide bonds. The number of nitrogens with zero attached hydrogens (tertiary/aromatic N) is 6. The van der Waals surface area contributed by atoms with Crippen LogP contribution in [0.3, 0.4) is 0 Å². The van der Waals surface area contributed by atoms with E-state index >= 15 is 0 Å². The first-order chi connectivity index (χ1) is 29.3. The van der Waals surface area contributed by atoms with Gasteiger partial charge >= 0.3 is 23.7 Å². The maximum atomic E-state index is 13.0. The first-order valence-electron chi connectivity index (χ1n) is 20.5. The van der Waals surface area contributed by atoms with E-state index in [4.69, 9.17) is 4.74 Å². The van der Waals surface area contributed by atoms with E-state index in [0.717, 1.165) is 92.7 Å². The molecule has 0 saturated carbocycles. The summed E-state index contributed by atoms with van der Waals surface area (Å²) in [4.78, 5) is 38.7. The van der Waals surface area contributed by atoms with E-state index in [0.29, 0.717) is 56.4 Å². The Morgan fingerprint density at radius 1 is 0.525 bits per heavy atom. The Labute approximate surface area is 348 Å². The van der Waals surface area contributed by atoms with Gasteiger partial charge < -0.3 is 24.5 Å². The summed E-state index contributed by atoms with van der Waals surface area (Å²) in [6.45, 7) is 8.97. The van der Waals surface area contributed by atoms with Gasteiger partial charge in [0.1, 0.15) is 5.75 Å². The van der Waals surface area contributed by atoms with Crippen LogP contribution in [0.4, 0.5) is 37.7 Å². The molecule has 4 aromatic carbocycles. The highest BCUT2D eigenvalue weighted by molar-refractivity contribution is 5.77. The lowest BCUT2D eigenvalue weighted by Crippen LogP contribution is -2.46.